The summed E-state index contributed by atoms with van der Waals surface area (Å²) in [5.41, 5.74) is 5.82. The molecule has 4 nitrogen and oxygen atoms in total. The van der Waals surface area contributed by atoms with Crippen LogP contribution in [-0.4, -0.2) is 17.3 Å². The van der Waals surface area contributed by atoms with E-state index < -0.39 is 5.97 Å². The molecule has 0 bridgehead atoms. The monoisotopic (exact) mass is 309 g/mol. The van der Waals surface area contributed by atoms with Crippen molar-refractivity contribution in [3.63, 3.8) is 0 Å². The number of halogens is 1. The van der Waals surface area contributed by atoms with Gasteiger partial charge >= 0.3 is 5.97 Å². The molecule has 0 unspecified atom stereocenters. The number of carboxylic acids is 1. The Bertz CT molecular complexity index is 661. The predicted molar refractivity (Wildman–Crippen MR) is 81.1 cm³/mol. The second-order valence-electron chi connectivity index (χ2n) is 3.94. The number of ether oxygens (including phenoxy) is 1. The van der Waals surface area contributed by atoms with Gasteiger partial charge in [-0.1, -0.05) is 23.7 Å². The number of hydrogen-bond donors (Lipinski definition) is 2. The van der Waals surface area contributed by atoms with Crippen LogP contribution in [0.15, 0.2) is 41.3 Å². The summed E-state index contributed by atoms with van der Waals surface area (Å²) in [5, 5.41) is 9.38. The molecule has 2 aromatic rings. The molecule has 0 saturated heterocycles. The zero-order chi connectivity index (χ0) is 14.7. The molecule has 0 radical (unpaired) electrons. The minimum Gasteiger partial charge on any atom is -0.478 e. The molecule has 3 N–H and O–H groups in total. The lowest BCUT2D eigenvalue weighted by Gasteiger charge is -2.13. The Morgan fingerprint density at radius 3 is 2.70 bits per heavy atom. The summed E-state index contributed by atoms with van der Waals surface area (Å²) in [6.45, 7) is 0. The zero-order valence-electron chi connectivity index (χ0n) is 10.6. The molecule has 20 heavy (non-hydrogen) atoms. The number of carboxylic acid groups (broad SMARTS) is 1. The standard InChI is InChI=1S/C14H12ClNO3S/c1-20-12-5-3-2-4-11(12)19-13-9(14(17)18)6-8(16)7-10(13)15/h2-7H,16H2,1H3,(H,17,18). The Labute approximate surface area is 125 Å². The summed E-state index contributed by atoms with van der Waals surface area (Å²) in [7, 11) is 0. The number of rotatable bonds is 4. The smallest absolute Gasteiger partial charge is 0.339 e. The number of benzene rings is 2. The van der Waals surface area contributed by atoms with Crippen LogP contribution < -0.4 is 10.5 Å². The molecule has 0 saturated carbocycles. The quantitative estimate of drug-likeness (QED) is 0.656. The van der Waals surface area contributed by atoms with Gasteiger partial charge in [-0.05, 0) is 30.5 Å². The Kier molecular flexibility index (Phi) is 4.42. The van der Waals surface area contributed by atoms with Crippen LogP contribution in [0.3, 0.4) is 0 Å². The average molecular weight is 310 g/mol. The average Bonchev–Trinajstić information content (AvgIpc) is 2.41. The molecule has 0 aliphatic heterocycles. The van der Waals surface area contributed by atoms with Gasteiger partial charge in [0.2, 0.25) is 0 Å². The van der Waals surface area contributed by atoms with Crippen molar-refractivity contribution in [2.75, 3.05) is 12.0 Å². The van der Waals surface area contributed by atoms with E-state index >= 15 is 0 Å². The first kappa shape index (κ1) is 14.6. The minimum absolute atomic E-state index is 0.0640. The molecule has 0 amide bonds. The molecule has 6 heteroatoms. The molecule has 0 heterocycles. The van der Waals surface area contributed by atoms with Gasteiger partial charge in [0.1, 0.15) is 11.3 Å². The minimum atomic E-state index is -1.14. The normalized spacial score (nSPS) is 10.3. The van der Waals surface area contributed by atoms with Gasteiger partial charge < -0.3 is 15.6 Å². The number of thioether (sulfide) groups is 1. The number of anilines is 1. The van der Waals surface area contributed by atoms with Crippen molar-refractivity contribution < 1.29 is 14.6 Å². The van der Waals surface area contributed by atoms with E-state index in [0.29, 0.717) is 5.75 Å². The molecule has 0 aromatic heterocycles. The maximum atomic E-state index is 11.3. The molecule has 2 rings (SSSR count). The van der Waals surface area contributed by atoms with E-state index in [9.17, 15) is 9.90 Å². The van der Waals surface area contributed by atoms with Gasteiger partial charge in [-0.25, -0.2) is 4.79 Å². The third-order valence-corrected chi connectivity index (χ3v) is 3.64. The molecular weight excluding hydrogens is 298 g/mol. The van der Waals surface area contributed by atoms with E-state index in [0.717, 1.165) is 4.90 Å². The van der Waals surface area contributed by atoms with Crippen LogP contribution in [0, 0.1) is 0 Å². The van der Waals surface area contributed by atoms with Crippen LogP contribution in [0.4, 0.5) is 5.69 Å². The third kappa shape index (κ3) is 3.00. The molecule has 2 aromatic carbocycles. The van der Waals surface area contributed by atoms with Gasteiger partial charge in [-0.2, -0.15) is 0 Å². The van der Waals surface area contributed by atoms with Gasteiger partial charge in [0, 0.05) is 10.6 Å². The highest BCUT2D eigenvalue weighted by molar-refractivity contribution is 7.98. The fourth-order valence-electron chi connectivity index (χ4n) is 1.69. The van der Waals surface area contributed by atoms with Crippen molar-refractivity contribution in [3.05, 3.63) is 47.0 Å². The molecule has 0 atom stereocenters. The topological polar surface area (TPSA) is 72.5 Å². The summed E-state index contributed by atoms with van der Waals surface area (Å²) >= 11 is 7.55. The van der Waals surface area contributed by atoms with Gasteiger partial charge in [-0.15, -0.1) is 11.8 Å². The van der Waals surface area contributed by atoms with Crippen molar-refractivity contribution in [1.82, 2.24) is 0 Å². The summed E-state index contributed by atoms with van der Waals surface area (Å²) in [5.74, 6) is -0.500. The first-order valence-corrected chi connectivity index (χ1v) is 7.26. The van der Waals surface area contributed by atoms with Crippen LogP contribution in [0.2, 0.25) is 5.02 Å². The molecule has 0 aliphatic rings. The number of carbonyl (C=O) groups is 1. The summed E-state index contributed by atoms with van der Waals surface area (Å²) in [4.78, 5) is 12.2. The zero-order valence-corrected chi connectivity index (χ0v) is 12.2. The van der Waals surface area contributed by atoms with E-state index in [1.54, 1.807) is 12.1 Å². The molecule has 104 valence electrons. The van der Waals surface area contributed by atoms with Crippen molar-refractivity contribution in [1.29, 1.82) is 0 Å². The van der Waals surface area contributed by atoms with Crippen LogP contribution in [-0.2, 0) is 0 Å². The molecule has 0 spiro atoms. The first-order chi connectivity index (χ1) is 9.52. The fourth-order valence-corrected chi connectivity index (χ4v) is 2.48. The first-order valence-electron chi connectivity index (χ1n) is 5.66. The summed E-state index contributed by atoms with van der Waals surface area (Å²) in [6, 6.07) is 10.1. The van der Waals surface area contributed by atoms with Crippen LogP contribution >= 0.6 is 23.4 Å². The lowest BCUT2D eigenvalue weighted by molar-refractivity contribution is 0.0694. The lowest BCUT2D eigenvalue weighted by atomic mass is 10.2. The predicted octanol–water partition coefficient (Wildman–Crippen LogP) is 4.13. The molecule has 0 aliphatic carbocycles. The van der Waals surface area contributed by atoms with E-state index in [1.165, 1.54) is 23.9 Å². The second-order valence-corrected chi connectivity index (χ2v) is 5.19. The largest absolute Gasteiger partial charge is 0.478 e. The van der Waals surface area contributed by atoms with Gasteiger partial charge in [0.05, 0.1) is 5.02 Å². The summed E-state index contributed by atoms with van der Waals surface area (Å²) in [6.07, 6.45) is 1.91. The van der Waals surface area contributed by atoms with E-state index in [1.807, 2.05) is 18.4 Å². The van der Waals surface area contributed by atoms with Gasteiger partial charge in [-0.3, -0.25) is 0 Å². The highest BCUT2D eigenvalue weighted by Crippen LogP contribution is 2.38. The Hall–Kier alpha value is -1.85. The highest BCUT2D eigenvalue weighted by Gasteiger charge is 2.18. The van der Waals surface area contributed by atoms with E-state index in [4.69, 9.17) is 22.1 Å². The van der Waals surface area contributed by atoms with Crippen LogP contribution in [0.5, 0.6) is 11.5 Å². The Morgan fingerprint density at radius 1 is 1.35 bits per heavy atom. The van der Waals surface area contributed by atoms with E-state index in [2.05, 4.69) is 0 Å². The highest BCUT2D eigenvalue weighted by atomic mass is 35.5. The van der Waals surface area contributed by atoms with Crippen LogP contribution in [0.25, 0.3) is 0 Å². The number of aromatic carboxylic acids is 1. The van der Waals surface area contributed by atoms with Crippen molar-refractivity contribution in [3.8, 4) is 11.5 Å². The lowest BCUT2D eigenvalue weighted by Crippen LogP contribution is -2.02. The van der Waals surface area contributed by atoms with Gasteiger partial charge in [0.25, 0.3) is 0 Å². The SMILES string of the molecule is CSc1ccccc1Oc1c(Cl)cc(N)cc1C(=O)O. The molecular formula is C14H12ClNO3S. The third-order valence-electron chi connectivity index (χ3n) is 2.58. The van der Waals surface area contributed by atoms with Gasteiger partial charge in [0.15, 0.2) is 5.75 Å². The van der Waals surface area contributed by atoms with Crippen molar-refractivity contribution in [2.24, 2.45) is 0 Å². The van der Waals surface area contributed by atoms with Crippen LogP contribution in [0.1, 0.15) is 10.4 Å². The maximum Gasteiger partial charge on any atom is 0.339 e. The number of nitrogen functional groups attached to an aromatic ring is 1. The number of para-hydroxylation sites is 1. The fraction of sp³-hybridized carbons (Fsp3) is 0.0714. The maximum absolute atomic E-state index is 11.3. The second kappa shape index (κ2) is 6.07. The Morgan fingerprint density at radius 2 is 2.05 bits per heavy atom. The Balaban J connectivity index is 2.50. The van der Waals surface area contributed by atoms with Crippen molar-refractivity contribution in [2.45, 2.75) is 4.90 Å². The summed E-state index contributed by atoms with van der Waals surface area (Å²) < 4.78 is 5.69. The number of nitrogens with two attached hydrogens (primary N) is 1. The van der Waals surface area contributed by atoms with Crippen molar-refractivity contribution >= 4 is 35.0 Å². The van der Waals surface area contributed by atoms with E-state index in [-0.39, 0.29) is 22.0 Å². The molecule has 0 fully saturated rings. The number of hydrogen-bond acceptors (Lipinski definition) is 4.